The molecular weight excluding hydrogens is 520 g/mol. The Bertz CT molecular complexity index is 1550. The van der Waals surface area contributed by atoms with Crippen LogP contribution < -0.4 is 21.7 Å². The van der Waals surface area contributed by atoms with E-state index < -0.39 is 0 Å². The van der Waals surface area contributed by atoms with Crippen molar-refractivity contribution in [1.82, 2.24) is 40.5 Å². The van der Waals surface area contributed by atoms with Gasteiger partial charge < -0.3 is 31.7 Å². The summed E-state index contributed by atoms with van der Waals surface area (Å²) in [5.74, 6) is 1.56. The number of amides is 2. The average molecular weight is 555 g/mol. The molecule has 1 saturated carbocycles. The lowest BCUT2D eigenvalue weighted by Gasteiger charge is -2.21. The molecule has 4 aromatic rings. The van der Waals surface area contributed by atoms with E-state index in [0.717, 1.165) is 59.3 Å². The molecule has 0 spiro atoms. The molecule has 0 unspecified atom stereocenters. The third-order valence-electron chi connectivity index (χ3n) is 7.76. The average Bonchev–Trinajstić information content (AvgIpc) is 3.64. The standard InChI is InChI=1S/C18H23N5O.C11H11N5O/c24-17-13-10-16(22-14(13)6-8-19-17)15-7-9-20-18(23-15)21-11-12-4-2-1-3-5-12;12-11-14-4-2-8(16-11)9-5-6-7(15-9)1-3-13-10(6)17/h7,9-10,12,22H,1-6,8,11H2,(H,19,24)(H,20,21,23);2,4-5,15H,1,3H2,(H,13,17)(H2,12,14,16). The Morgan fingerprint density at radius 3 is 1.98 bits per heavy atom. The molecule has 212 valence electrons. The number of aromatic nitrogens is 6. The van der Waals surface area contributed by atoms with Crippen molar-refractivity contribution in [1.29, 1.82) is 0 Å². The third-order valence-corrected chi connectivity index (χ3v) is 7.76. The summed E-state index contributed by atoms with van der Waals surface area (Å²) in [6, 6.07) is 7.31. The normalized spacial score (nSPS) is 16.5. The fourth-order valence-electron chi connectivity index (χ4n) is 5.61. The summed E-state index contributed by atoms with van der Waals surface area (Å²) in [5.41, 5.74) is 12.1. The van der Waals surface area contributed by atoms with Gasteiger partial charge in [0.2, 0.25) is 11.9 Å². The van der Waals surface area contributed by atoms with Crippen molar-refractivity contribution < 1.29 is 9.59 Å². The highest BCUT2D eigenvalue weighted by Crippen LogP contribution is 2.26. The first-order valence-corrected chi connectivity index (χ1v) is 14.2. The van der Waals surface area contributed by atoms with E-state index in [4.69, 9.17) is 5.73 Å². The van der Waals surface area contributed by atoms with E-state index in [-0.39, 0.29) is 17.8 Å². The first kappa shape index (κ1) is 26.5. The van der Waals surface area contributed by atoms with Crippen LogP contribution in [0.5, 0.6) is 0 Å². The molecule has 3 aliphatic rings. The Morgan fingerprint density at radius 2 is 1.39 bits per heavy atom. The molecule has 41 heavy (non-hydrogen) atoms. The molecule has 2 amide bonds. The first-order chi connectivity index (χ1) is 20.0. The van der Waals surface area contributed by atoms with Crippen LogP contribution in [0.15, 0.2) is 36.7 Å². The van der Waals surface area contributed by atoms with Gasteiger partial charge in [0.25, 0.3) is 11.8 Å². The van der Waals surface area contributed by atoms with Gasteiger partial charge in [-0.2, -0.15) is 0 Å². The Hall–Kier alpha value is -4.74. The molecular formula is C29H34N10O2. The third kappa shape index (κ3) is 6.06. The molecule has 2 aliphatic heterocycles. The number of fused-ring (bicyclic) bond motifs is 2. The van der Waals surface area contributed by atoms with Crippen molar-refractivity contribution >= 4 is 23.7 Å². The number of aromatic amines is 2. The minimum absolute atomic E-state index is 0.0107. The second kappa shape index (κ2) is 11.8. The maximum atomic E-state index is 11.9. The monoisotopic (exact) mass is 554 g/mol. The summed E-state index contributed by atoms with van der Waals surface area (Å²) in [6.07, 6.45) is 11.6. The zero-order valence-corrected chi connectivity index (χ0v) is 22.8. The second-order valence-electron chi connectivity index (χ2n) is 10.6. The van der Waals surface area contributed by atoms with Crippen LogP contribution in [-0.4, -0.2) is 61.4 Å². The van der Waals surface area contributed by atoms with Crippen molar-refractivity contribution in [3.8, 4) is 22.8 Å². The van der Waals surface area contributed by atoms with E-state index in [0.29, 0.717) is 30.3 Å². The molecule has 1 fully saturated rings. The lowest BCUT2D eigenvalue weighted by Crippen LogP contribution is -2.31. The summed E-state index contributed by atoms with van der Waals surface area (Å²) in [5, 5.41) is 9.04. The molecule has 1 aliphatic carbocycles. The van der Waals surface area contributed by atoms with Gasteiger partial charge >= 0.3 is 0 Å². The van der Waals surface area contributed by atoms with E-state index in [1.807, 2.05) is 12.1 Å². The molecule has 6 heterocycles. The van der Waals surface area contributed by atoms with Gasteiger partial charge in [0.15, 0.2) is 0 Å². The van der Waals surface area contributed by atoms with Gasteiger partial charge in [-0.1, -0.05) is 19.3 Å². The highest BCUT2D eigenvalue weighted by Gasteiger charge is 2.22. The van der Waals surface area contributed by atoms with Crippen LogP contribution >= 0.6 is 0 Å². The van der Waals surface area contributed by atoms with E-state index in [9.17, 15) is 9.59 Å². The van der Waals surface area contributed by atoms with Crippen LogP contribution in [0, 0.1) is 5.92 Å². The topological polar surface area (TPSA) is 179 Å². The zero-order valence-electron chi connectivity index (χ0n) is 22.8. The number of nitrogens with two attached hydrogens (primary N) is 1. The Balaban J connectivity index is 0.000000156. The maximum Gasteiger partial charge on any atom is 0.253 e. The summed E-state index contributed by atoms with van der Waals surface area (Å²) >= 11 is 0. The molecule has 7 N–H and O–H groups in total. The van der Waals surface area contributed by atoms with E-state index >= 15 is 0 Å². The highest BCUT2D eigenvalue weighted by atomic mass is 16.2. The van der Waals surface area contributed by atoms with Gasteiger partial charge in [0.1, 0.15) is 0 Å². The number of hydrogen-bond donors (Lipinski definition) is 6. The van der Waals surface area contributed by atoms with Gasteiger partial charge in [-0.05, 0) is 43.0 Å². The van der Waals surface area contributed by atoms with Gasteiger partial charge in [0, 0.05) is 56.3 Å². The van der Waals surface area contributed by atoms with Crippen LogP contribution in [0.4, 0.5) is 11.9 Å². The highest BCUT2D eigenvalue weighted by molar-refractivity contribution is 5.98. The summed E-state index contributed by atoms with van der Waals surface area (Å²) in [4.78, 5) is 46.9. The van der Waals surface area contributed by atoms with Gasteiger partial charge in [-0.15, -0.1) is 0 Å². The number of rotatable bonds is 5. The predicted octanol–water partition coefficient (Wildman–Crippen LogP) is 3.09. The number of hydrogen-bond acceptors (Lipinski definition) is 8. The molecule has 12 nitrogen and oxygen atoms in total. The van der Waals surface area contributed by atoms with E-state index in [1.165, 1.54) is 32.1 Å². The van der Waals surface area contributed by atoms with Crippen molar-refractivity contribution in [2.24, 2.45) is 5.92 Å². The van der Waals surface area contributed by atoms with Crippen molar-refractivity contribution in [3.63, 3.8) is 0 Å². The predicted molar refractivity (Wildman–Crippen MR) is 155 cm³/mol. The van der Waals surface area contributed by atoms with Crippen molar-refractivity contribution in [3.05, 3.63) is 59.2 Å². The second-order valence-corrected chi connectivity index (χ2v) is 10.6. The zero-order chi connectivity index (χ0) is 28.2. The Morgan fingerprint density at radius 1 is 0.805 bits per heavy atom. The number of anilines is 2. The van der Waals surface area contributed by atoms with Crippen molar-refractivity contribution in [2.75, 3.05) is 30.7 Å². The fourth-order valence-corrected chi connectivity index (χ4v) is 5.61. The SMILES string of the molecule is Nc1nccc(-c2cc3c([nH]2)CCNC3=O)n1.O=C1NCCc2[nH]c(-c3ccnc(NCC4CCCCC4)n3)cc21. The van der Waals surface area contributed by atoms with Gasteiger partial charge in [-0.3, -0.25) is 9.59 Å². The number of carbonyl (C=O) groups excluding carboxylic acids is 2. The minimum atomic E-state index is -0.0456. The number of nitrogens with one attached hydrogen (secondary N) is 5. The molecule has 0 saturated heterocycles. The van der Waals surface area contributed by atoms with Gasteiger partial charge in [0.05, 0.1) is 33.9 Å². The fraction of sp³-hybridized carbons (Fsp3) is 0.379. The minimum Gasteiger partial charge on any atom is -0.368 e. The first-order valence-electron chi connectivity index (χ1n) is 14.2. The van der Waals surface area contributed by atoms with Crippen LogP contribution in [0.2, 0.25) is 0 Å². The molecule has 0 aromatic carbocycles. The number of H-pyrrole nitrogens is 2. The Kier molecular flexibility index (Phi) is 7.61. The van der Waals surface area contributed by atoms with Crippen LogP contribution in [0.25, 0.3) is 22.8 Å². The van der Waals surface area contributed by atoms with Crippen LogP contribution in [0.3, 0.4) is 0 Å². The molecule has 0 atom stereocenters. The number of carbonyl (C=O) groups is 2. The molecule has 0 radical (unpaired) electrons. The number of nitrogens with zero attached hydrogens (tertiary/aromatic N) is 4. The smallest absolute Gasteiger partial charge is 0.253 e. The largest absolute Gasteiger partial charge is 0.368 e. The van der Waals surface area contributed by atoms with E-state index in [1.54, 1.807) is 24.5 Å². The molecule has 7 rings (SSSR count). The molecule has 0 bridgehead atoms. The van der Waals surface area contributed by atoms with Gasteiger partial charge in [-0.25, -0.2) is 19.9 Å². The molecule has 12 heteroatoms. The maximum absolute atomic E-state index is 11.9. The summed E-state index contributed by atoms with van der Waals surface area (Å²) in [7, 11) is 0. The van der Waals surface area contributed by atoms with Crippen LogP contribution in [0.1, 0.15) is 64.2 Å². The van der Waals surface area contributed by atoms with Crippen molar-refractivity contribution in [2.45, 2.75) is 44.9 Å². The van der Waals surface area contributed by atoms with E-state index in [2.05, 4.69) is 45.9 Å². The molecule has 4 aromatic heterocycles. The van der Waals surface area contributed by atoms with Crippen LogP contribution in [-0.2, 0) is 12.8 Å². The quantitative estimate of drug-likeness (QED) is 0.218. The Labute approximate surface area is 237 Å². The lowest BCUT2D eigenvalue weighted by atomic mass is 9.89. The number of nitrogen functional groups attached to an aromatic ring is 1. The summed E-state index contributed by atoms with van der Waals surface area (Å²) in [6.45, 7) is 2.29. The summed E-state index contributed by atoms with van der Waals surface area (Å²) < 4.78 is 0. The lowest BCUT2D eigenvalue weighted by molar-refractivity contribution is 0.0937.